The summed E-state index contributed by atoms with van der Waals surface area (Å²) in [6, 6.07) is 11.3. The maximum atomic E-state index is 6.58. The third-order valence-electron chi connectivity index (χ3n) is 3.88. The molecule has 0 aliphatic rings. The predicted octanol–water partition coefficient (Wildman–Crippen LogP) is 8.75. The lowest BCUT2D eigenvalue weighted by Crippen LogP contribution is -2.55. The Bertz CT molecular complexity index is 775. The van der Waals surface area contributed by atoms with Crippen LogP contribution in [0.1, 0.15) is 18.1 Å². The largest absolute Gasteiger partial charge is 0.226 e. The average molecular weight is 522 g/mol. The summed E-state index contributed by atoms with van der Waals surface area (Å²) in [6.07, 6.45) is 0.604. The molecule has 0 atom stereocenters. The highest BCUT2D eigenvalue weighted by Crippen LogP contribution is 2.65. The Morgan fingerprint density at radius 2 is 1.28 bits per heavy atom. The first-order valence-electron chi connectivity index (χ1n) is 7.00. The fourth-order valence-corrected chi connectivity index (χ4v) is 4.87. The average Bonchev–Trinajstić information content (AvgIpc) is 2.52. The normalized spacial score (nSPS) is 14.2. The molecule has 25 heavy (non-hydrogen) atoms. The molecule has 2 aromatic carbocycles. The van der Waals surface area contributed by atoms with Crippen molar-refractivity contribution in [3.8, 4) is 0 Å². The van der Waals surface area contributed by atoms with Crippen LogP contribution in [0.3, 0.4) is 0 Å². The second-order valence-corrected chi connectivity index (χ2v) is 11.7. The van der Waals surface area contributed by atoms with Gasteiger partial charge in [-0.25, -0.2) is 0 Å². The number of rotatable bonds is 4. The lowest BCUT2D eigenvalue weighted by atomic mass is 9.93. The lowest BCUT2D eigenvalue weighted by Gasteiger charge is -2.44. The molecule has 0 aliphatic heterocycles. The summed E-state index contributed by atoms with van der Waals surface area (Å²) in [5.41, 5.74) is 1.27. The van der Waals surface area contributed by atoms with Crippen LogP contribution < -0.4 is 0 Å². The molecule has 138 valence electrons. The van der Waals surface area contributed by atoms with Gasteiger partial charge in [-0.05, 0) is 28.3 Å². The van der Waals surface area contributed by atoms with Crippen LogP contribution in [0.15, 0.2) is 36.4 Å². The predicted molar refractivity (Wildman–Crippen MR) is 116 cm³/mol. The molecule has 2 rings (SSSR count). The van der Waals surface area contributed by atoms with Gasteiger partial charge < -0.3 is 0 Å². The van der Waals surface area contributed by atoms with Gasteiger partial charge in [0.25, 0.3) is 0 Å². The molecule has 2 aromatic rings. The quantitative estimate of drug-likeness (QED) is 0.352. The van der Waals surface area contributed by atoms with Crippen LogP contribution in [-0.4, -0.2) is 12.5 Å². The molecular weight excluding hydrogens is 511 g/mol. The van der Waals surface area contributed by atoms with Crippen molar-refractivity contribution in [1.82, 2.24) is 0 Å². The summed E-state index contributed by atoms with van der Waals surface area (Å²) < 4.78 is -8.80. The molecule has 0 N–H and O–H groups in total. The second-order valence-electron chi connectivity index (χ2n) is 5.39. The molecule has 0 amide bonds. The van der Waals surface area contributed by atoms with Gasteiger partial charge in [0.1, 0.15) is 0 Å². The molecule has 0 saturated heterocycles. The van der Waals surface area contributed by atoms with Gasteiger partial charge >= 0.3 is 0 Å². The maximum Gasteiger partial charge on any atom is 0.226 e. The number of fused-ring (bicyclic) bond motifs is 1. The van der Waals surface area contributed by atoms with Gasteiger partial charge in [0.2, 0.25) is 8.13 Å². The van der Waals surface area contributed by atoms with Crippen molar-refractivity contribution < 1.29 is 0 Å². The van der Waals surface area contributed by atoms with E-state index in [0.29, 0.717) is 12.0 Å². The van der Waals surface area contributed by atoms with Gasteiger partial charge in [-0.3, -0.25) is 0 Å². The van der Waals surface area contributed by atoms with Crippen LogP contribution in [-0.2, 0) is 10.8 Å². The maximum absolute atomic E-state index is 6.58. The Morgan fingerprint density at radius 3 is 1.80 bits per heavy atom. The van der Waals surface area contributed by atoms with Crippen molar-refractivity contribution in [3.63, 3.8) is 0 Å². The van der Waals surface area contributed by atoms with E-state index >= 15 is 0 Å². The molecule has 0 heterocycles. The van der Waals surface area contributed by atoms with Crippen molar-refractivity contribution >= 4 is 115 Å². The zero-order chi connectivity index (χ0) is 19.3. The highest BCUT2D eigenvalue weighted by molar-refractivity contribution is 6.80. The van der Waals surface area contributed by atoms with Gasteiger partial charge in [-0.15, -0.1) is 0 Å². The zero-order valence-corrected chi connectivity index (χ0v) is 19.4. The first-order chi connectivity index (χ1) is 11.3. The van der Waals surface area contributed by atoms with Crippen LogP contribution in [0.5, 0.6) is 0 Å². The third-order valence-corrected chi connectivity index (χ3v) is 9.32. The van der Waals surface area contributed by atoms with Crippen molar-refractivity contribution in [1.29, 1.82) is 0 Å². The first kappa shape index (κ1) is 22.6. The molecular formula is C16H11Cl9. The van der Waals surface area contributed by atoms with E-state index in [9.17, 15) is 0 Å². The Hall–Kier alpha value is 1.31. The summed E-state index contributed by atoms with van der Waals surface area (Å²) in [6.45, 7) is 1.95. The molecule has 0 nitrogen and oxygen atoms in total. The molecule has 0 saturated carbocycles. The second kappa shape index (κ2) is 7.62. The van der Waals surface area contributed by atoms with Gasteiger partial charge in [-0.2, -0.15) is 0 Å². The van der Waals surface area contributed by atoms with E-state index in [0.717, 1.165) is 16.3 Å². The van der Waals surface area contributed by atoms with E-state index in [4.69, 9.17) is 104 Å². The number of hydrogen-bond donors (Lipinski definition) is 0. The SMILES string of the molecule is CCc1c(C(Cl)(Cl)C(Cl)(Cl)C(Cl)(Cl)C(Cl)(Cl)Cl)ccc2ccccc12. The monoisotopic (exact) mass is 518 g/mol. The third kappa shape index (κ3) is 3.78. The minimum atomic E-state index is -2.31. The van der Waals surface area contributed by atoms with Crippen molar-refractivity contribution in [2.75, 3.05) is 0 Å². The van der Waals surface area contributed by atoms with E-state index in [1.807, 2.05) is 37.3 Å². The highest BCUT2D eigenvalue weighted by atomic mass is 35.6. The minimum Gasteiger partial charge on any atom is -0.0943 e. The van der Waals surface area contributed by atoms with Crippen LogP contribution in [0.2, 0.25) is 0 Å². The van der Waals surface area contributed by atoms with Crippen molar-refractivity contribution in [2.24, 2.45) is 0 Å². The lowest BCUT2D eigenvalue weighted by molar-refractivity contribution is 0.597. The molecule has 0 fully saturated rings. The Labute approximate surface area is 191 Å². The van der Waals surface area contributed by atoms with Crippen LogP contribution in [0.4, 0.5) is 0 Å². The standard InChI is InChI=1S/C16H11Cl9/c1-2-10-11-6-4-3-5-9(11)7-8-12(10)13(17,18)14(19,20)15(21,22)16(23,24)25/h3-8H,2H2,1H3. The van der Waals surface area contributed by atoms with Crippen LogP contribution in [0.25, 0.3) is 10.8 Å². The fourth-order valence-electron chi connectivity index (χ4n) is 2.56. The van der Waals surface area contributed by atoms with Crippen LogP contribution >= 0.6 is 104 Å². The van der Waals surface area contributed by atoms with Crippen molar-refractivity contribution in [3.05, 3.63) is 47.5 Å². The van der Waals surface area contributed by atoms with Crippen molar-refractivity contribution in [2.45, 2.75) is 30.1 Å². The number of aryl methyl sites for hydroxylation is 1. The Balaban J connectivity index is 2.73. The molecule has 0 aliphatic carbocycles. The van der Waals surface area contributed by atoms with E-state index in [1.54, 1.807) is 6.07 Å². The molecule has 0 bridgehead atoms. The van der Waals surface area contributed by atoms with E-state index in [1.165, 1.54) is 0 Å². The Kier molecular flexibility index (Phi) is 6.89. The van der Waals surface area contributed by atoms with Gasteiger partial charge in [0, 0.05) is 0 Å². The number of alkyl halides is 9. The summed E-state index contributed by atoms with van der Waals surface area (Å²) in [7, 11) is 0. The first-order valence-corrected chi connectivity index (χ1v) is 10.4. The molecule has 0 radical (unpaired) electrons. The molecule has 9 heteroatoms. The topological polar surface area (TPSA) is 0 Å². The molecule has 0 unspecified atom stereocenters. The van der Waals surface area contributed by atoms with E-state index in [-0.39, 0.29) is 0 Å². The summed E-state index contributed by atoms with van der Waals surface area (Å²) in [5, 5.41) is 1.95. The van der Waals surface area contributed by atoms with E-state index in [2.05, 4.69) is 0 Å². The fraction of sp³-hybridized carbons (Fsp3) is 0.375. The van der Waals surface area contributed by atoms with Gasteiger partial charge in [0.15, 0.2) is 8.67 Å². The van der Waals surface area contributed by atoms with Gasteiger partial charge in [0.05, 0.1) is 0 Å². The minimum absolute atomic E-state index is 0.432. The van der Waals surface area contributed by atoms with Crippen LogP contribution in [0, 0.1) is 0 Å². The van der Waals surface area contributed by atoms with Gasteiger partial charge in [-0.1, -0.05) is 148 Å². The smallest absolute Gasteiger partial charge is 0.0943 e. The molecule has 0 spiro atoms. The summed E-state index contributed by atoms with van der Waals surface area (Å²) in [4.78, 5) is 0. The number of hydrogen-bond acceptors (Lipinski definition) is 0. The zero-order valence-electron chi connectivity index (χ0n) is 12.6. The summed E-state index contributed by atoms with van der Waals surface area (Å²) in [5.74, 6) is 0. The number of benzene rings is 2. The molecule has 0 aromatic heterocycles. The highest BCUT2D eigenvalue weighted by Gasteiger charge is 2.68. The summed E-state index contributed by atoms with van der Waals surface area (Å²) >= 11 is 55.9. The Morgan fingerprint density at radius 1 is 0.720 bits per heavy atom. The van der Waals surface area contributed by atoms with E-state index < -0.39 is 16.8 Å². The number of halogens is 9.